The van der Waals surface area contributed by atoms with Crippen molar-refractivity contribution in [1.29, 1.82) is 0 Å². The van der Waals surface area contributed by atoms with Crippen molar-refractivity contribution in [1.82, 2.24) is 0 Å². The average Bonchev–Trinajstić information content (AvgIpc) is 2.78. The lowest BCUT2D eigenvalue weighted by molar-refractivity contribution is -0.156. The Kier molecular flexibility index (Phi) is 20.2. The van der Waals surface area contributed by atoms with E-state index >= 15 is 0 Å². The van der Waals surface area contributed by atoms with Gasteiger partial charge in [0.05, 0.1) is 6.61 Å². The zero-order valence-electron chi connectivity index (χ0n) is 19.3. The minimum absolute atomic E-state index is 0.239. The maximum absolute atomic E-state index is 11.7. The number of rotatable bonds is 21. The summed E-state index contributed by atoms with van der Waals surface area (Å²) < 4.78 is 4.89. The van der Waals surface area contributed by atoms with Gasteiger partial charge in [-0.1, -0.05) is 70.4 Å². The van der Waals surface area contributed by atoms with Crippen molar-refractivity contribution in [3.8, 4) is 0 Å². The van der Waals surface area contributed by atoms with Crippen LogP contribution in [0.15, 0.2) is 12.2 Å². The number of carbonyl (C=O) groups excluding carboxylic acids is 1. The fourth-order valence-corrected chi connectivity index (χ4v) is 3.25. The number of hydrogen-bond donors (Lipinski definition) is 5. The molecule has 7 heteroatoms. The molecule has 0 amide bonds. The predicted octanol–water partition coefficient (Wildman–Crippen LogP) is 3.00. The van der Waals surface area contributed by atoms with Gasteiger partial charge in [0.2, 0.25) is 0 Å². The molecular weight excluding hydrogens is 400 g/mol. The van der Waals surface area contributed by atoms with Gasteiger partial charge in [0, 0.05) is 6.42 Å². The van der Waals surface area contributed by atoms with Crippen LogP contribution in [-0.4, -0.2) is 69.1 Å². The highest BCUT2D eigenvalue weighted by atomic mass is 16.5. The van der Waals surface area contributed by atoms with Crippen LogP contribution in [0.4, 0.5) is 0 Å². The topological polar surface area (TPSA) is 127 Å². The van der Waals surface area contributed by atoms with E-state index in [0.717, 1.165) is 32.1 Å². The second-order valence-corrected chi connectivity index (χ2v) is 8.32. The molecule has 0 aromatic rings. The maximum Gasteiger partial charge on any atom is 0.305 e. The molecule has 0 aromatic carbocycles. The molecule has 7 nitrogen and oxygen atoms in total. The Labute approximate surface area is 188 Å². The summed E-state index contributed by atoms with van der Waals surface area (Å²) in [4.78, 5) is 11.7. The van der Waals surface area contributed by atoms with E-state index in [9.17, 15) is 25.2 Å². The molecular formula is C24H46O7. The van der Waals surface area contributed by atoms with Gasteiger partial charge in [-0.2, -0.15) is 0 Å². The van der Waals surface area contributed by atoms with Crippen LogP contribution in [0.5, 0.6) is 0 Å². The predicted molar refractivity (Wildman–Crippen MR) is 122 cm³/mol. The maximum atomic E-state index is 11.7. The fraction of sp³-hybridized carbons (Fsp3) is 0.875. The first-order chi connectivity index (χ1) is 14.9. The minimum Gasteiger partial charge on any atom is -0.463 e. The van der Waals surface area contributed by atoms with Gasteiger partial charge in [-0.15, -0.1) is 0 Å². The van der Waals surface area contributed by atoms with Gasteiger partial charge in [0.25, 0.3) is 0 Å². The molecule has 0 saturated carbocycles. The van der Waals surface area contributed by atoms with Gasteiger partial charge < -0.3 is 30.3 Å². The van der Waals surface area contributed by atoms with Crippen molar-refractivity contribution in [3.05, 3.63) is 12.2 Å². The number of carbonyl (C=O) groups is 1. The van der Waals surface area contributed by atoms with Gasteiger partial charge in [-0.3, -0.25) is 4.79 Å². The molecule has 0 saturated heterocycles. The van der Waals surface area contributed by atoms with Crippen molar-refractivity contribution < 1.29 is 35.1 Å². The Bertz CT molecular complexity index is 442. The number of aliphatic hydroxyl groups is 5. The van der Waals surface area contributed by atoms with E-state index in [1.165, 1.54) is 44.9 Å². The molecule has 184 valence electrons. The lowest BCUT2D eigenvalue weighted by Gasteiger charge is -2.25. The van der Waals surface area contributed by atoms with Gasteiger partial charge >= 0.3 is 5.97 Å². The van der Waals surface area contributed by atoms with Gasteiger partial charge in [0.1, 0.15) is 31.0 Å². The quantitative estimate of drug-likeness (QED) is 0.104. The van der Waals surface area contributed by atoms with Crippen molar-refractivity contribution in [2.24, 2.45) is 0 Å². The number of esters is 1. The lowest BCUT2D eigenvalue weighted by Crippen LogP contribution is -2.47. The lowest BCUT2D eigenvalue weighted by atomic mass is 10.0. The Morgan fingerprint density at radius 1 is 0.742 bits per heavy atom. The summed E-state index contributed by atoms with van der Waals surface area (Å²) in [6.45, 7) is 1.02. The molecule has 0 aliphatic heterocycles. The molecule has 31 heavy (non-hydrogen) atoms. The van der Waals surface area contributed by atoms with E-state index in [0.29, 0.717) is 6.42 Å². The molecule has 0 heterocycles. The molecule has 5 N–H and O–H groups in total. The van der Waals surface area contributed by atoms with Crippen LogP contribution >= 0.6 is 0 Å². The standard InChI is InChI=1S/C24H46O7/c1-2-3-4-5-6-7-8-9-10-11-12-13-14-15-16-17-22(28)31-19-21(27)24(30)23(29)20(26)18-25/h9-10,20-21,23-27,29-30H,2-8,11-19H2,1H3/b10-9+/t20-,21+,23+,24+/m0/s1. The first-order valence-electron chi connectivity index (χ1n) is 12.1. The first-order valence-corrected chi connectivity index (χ1v) is 12.1. The second-order valence-electron chi connectivity index (χ2n) is 8.32. The van der Waals surface area contributed by atoms with E-state index in [1.807, 2.05) is 0 Å². The van der Waals surface area contributed by atoms with Crippen LogP contribution in [0.2, 0.25) is 0 Å². The van der Waals surface area contributed by atoms with Gasteiger partial charge in [0.15, 0.2) is 0 Å². The van der Waals surface area contributed by atoms with Crippen molar-refractivity contribution in [3.63, 3.8) is 0 Å². The fourth-order valence-electron chi connectivity index (χ4n) is 3.25. The summed E-state index contributed by atoms with van der Waals surface area (Å²) in [5.41, 5.74) is 0. The smallest absolute Gasteiger partial charge is 0.305 e. The van der Waals surface area contributed by atoms with Crippen LogP contribution < -0.4 is 0 Å². The second kappa shape index (κ2) is 20.9. The molecule has 0 radical (unpaired) electrons. The summed E-state index contributed by atoms with van der Waals surface area (Å²) in [6, 6.07) is 0. The molecule has 4 atom stereocenters. The van der Waals surface area contributed by atoms with Crippen molar-refractivity contribution in [2.75, 3.05) is 13.2 Å². The van der Waals surface area contributed by atoms with Gasteiger partial charge in [-0.05, 0) is 32.1 Å². The van der Waals surface area contributed by atoms with E-state index in [2.05, 4.69) is 19.1 Å². The van der Waals surface area contributed by atoms with E-state index in [4.69, 9.17) is 9.84 Å². The highest BCUT2D eigenvalue weighted by Gasteiger charge is 2.30. The molecule has 0 rings (SSSR count). The molecule has 0 fully saturated rings. The molecule has 0 bridgehead atoms. The largest absolute Gasteiger partial charge is 0.463 e. The highest BCUT2D eigenvalue weighted by molar-refractivity contribution is 5.69. The average molecular weight is 447 g/mol. The number of ether oxygens (including phenoxy) is 1. The van der Waals surface area contributed by atoms with Crippen LogP contribution in [0.3, 0.4) is 0 Å². The zero-order chi connectivity index (χ0) is 23.3. The molecule has 0 spiro atoms. The van der Waals surface area contributed by atoms with Crippen LogP contribution in [0.1, 0.15) is 96.8 Å². The van der Waals surface area contributed by atoms with Crippen LogP contribution in [-0.2, 0) is 9.53 Å². The molecule has 0 unspecified atom stereocenters. The molecule has 0 aliphatic rings. The third kappa shape index (κ3) is 17.3. The third-order valence-corrected chi connectivity index (χ3v) is 5.38. The first kappa shape index (κ1) is 30.0. The summed E-state index contributed by atoms with van der Waals surface area (Å²) >= 11 is 0. The normalized spacial score (nSPS) is 15.7. The van der Waals surface area contributed by atoms with Crippen LogP contribution in [0, 0.1) is 0 Å². The zero-order valence-corrected chi connectivity index (χ0v) is 19.3. The van der Waals surface area contributed by atoms with Gasteiger partial charge in [-0.25, -0.2) is 0 Å². The number of allylic oxidation sites excluding steroid dienone is 2. The van der Waals surface area contributed by atoms with E-state index < -0.39 is 43.6 Å². The Hall–Kier alpha value is -0.990. The van der Waals surface area contributed by atoms with E-state index in [-0.39, 0.29) is 6.42 Å². The minimum atomic E-state index is -1.72. The molecule has 0 aromatic heterocycles. The third-order valence-electron chi connectivity index (χ3n) is 5.38. The SMILES string of the molecule is CCCCCCCC/C=C/CCCCCCCC(=O)OC[C@@H](O)[C@@H](O)[C@H](O)[C@@H](O)CO. The number of aliphatic hydroxyl groups excluding tert-OH is 5. The Morgan fingerprint density at radius 3 is 1.77 bits per heavy atom. The number of unbranched alkanes of at least 4 members (excludes halogenated alkanes) is 11. The van der Waals surface area contributed by atoms with Crippen LogP contribution in [0.25, 0.3) is 0 Å². The van der Waals surface area contributed by atoms with E-state index in [1.54, 1.807) is 0 Å². The summed E-state index contributed by atoms with van der Waals surface area (Å²) in [6.07, 6.45) is 13.5. The van der Waals surface area contributed by atoms with Crippen molar-refractivity contribution in [2.45, 2.75) is 121 Å². The monoisotopic (exact) mass is 446 g/mol. The Morgan fingerprint density at radius 2 is 1.23 bits per heavy atom. The number of hydrogen-bond acceptors (Lipinski definition) is 7. The Balaban J connectivity index is 3.55. The summed E-state index contributed by atoms with van der Waals surface area (Å²) in [5.74, 6) is -0.471. The summed E-state index contributed by atoms with van der Waals surface area (Å²) in [5, 5.41) is 46.8. The van der Waals surface area contributed by atoms with Crippen molar-refractivity contribution >= 4 is 5.97 Å². The molecule has 0 aliphatic carbocycles. The summed E-state index contributed by atoms with van der Waals surface area (Å²) in [7, 11) is 0. The highest BCUT2D eigenvalue weighted by Crippen LogP contribution is 2.11.